The van der Waals surface area contributed by atoms with Gasteiger partial charge in [0.15, 0.2) is 5.96 Å². The van der Waals surface area contributed by atoms with E-state index in [0.29, 0.717) is 32.7 Å². The molecule has 8 heteroatoms. The van der Waals surface area contributed by atoms with Crippen LogP contribution in [0, 0.1) is 0 Å². The fraction of sp³-hybridized carbons (Fsp3) is 0.600. The molecule has 2 atom stereocenters. The van der Waals surface area contributed by atoms with E-state index in [1.165, 1.54) is 0 Å². The van der Waals surface area contributed by atoms with Gasteiger partial charge in [-0.3, -0.25) is 4.99 Å². The van der Waals surface area contributed by atoms with E-state index < -0.39 is 11.7 Å². The Hall–Kier alpha value is -2.48. The first-order valence-electron chi connectivity index (χ1n) is 9.62. The van der Waals surface area contributed by atoms with Crippen molar-refractivity contribution in [1.29, 1.82) is 0 Å². The number of aliphatic imine (C=N–C) groups is 1. The van der Waals surface area contributed by atoms with Crippen LogP contribution in [-0.4, -0.2) is 78.4 Å². The summed E-state index contributed by atoms with van der Waals surface area (Å²) in [5.41, 5.74) is 0.322. The van der Waals surface area contributed by atoms with Gasteiger partial charge in [0.1, 0.15) is 11.4 Å². The molecule has 0 aliphatic carbocycles. The summed E-state index contributed by atoms with van der Waals surface area (Å²) in [6.07, 6.45) is -0.917. The Kier molecular flexibility index (Phi) is 5.98. The third-order valence-electron chi connectivity index (χ3n) is 4.81. The van der Waals surface area contributed by atoms with Crippen LogP contribution in [0.3, 0.4) is 0 Å². The third kappa shape index (κ3) is 4.86. The lowest BCUT2D eigenvalue weighted by Gasteiger charge is -2.39. The van der Waals surface area contributed by atoms with Crippen LogP contribution in [0.2, 0.25) is 0 Å². The summed E-state index contributed by atoms with van der Waals surface area (Å²) in [4.78, 5) is 20.8. The maximum atomic E-state index is 12.3. The molecule has 0 spiro atoms. The van der Waals surface area contributed by atoms with Crippen molar-refractivity contribution in [3.8, 4) is 5.75 Å². The molecule has 154 valence electrons. The first-order valence-corrected chi connectivity index (χ1v) is 9.62. The van der Waals surface area contributed by atoms with E-state index in [1.807, 2.05) is 45.0 Å². The topological polar surface area (TPSA) is 86.6 Å². The van der Waals surface area contributed by atoms with Crippen molar-refractivity contribution in [3.05, 3.63) is 29.8 Å². The molecule has 2 aliphatic rings. The molecule has 28 heavy (non-hydrogen) atoms. The monoisotopic (exact) mass is 390 g/mol. The van der Waals surface area contributed by atoms with Gasteiger partial charge in [0.05, 0.1) is 25.8 Å². The zero-order chi connectivity index (χ0) is 20.3. The van der Waals surface area contributed by atoms with Gasteiger partial charge in [0.25, 0.3) is 0 Å². The summed E-state index contributed by atoms with van der Waals surface area (Å²) in [6, 6.07) is 7.50. The van der Waals surface area contributed by atoms with Gasteiger partial charge in [-0.25, -0.2) is 4.79 Å². The fourth-order valence-corrected chi connectivity index (χ4v) is 3.35. The Morgan fingerprint density at radius 3 is 2.68 bits per heavy atom. The SMILES string of the molecule is COc1ccc(C(O)CNC2=NCC3CN(C(=O)OC(C)(C)C)CCN23)cc1. The number of guanidine groups is 1. The maximum absolute atomic E-state index is 12.3. The number of benzene rings is 1. The van der Waals surface area contributed by atoms with Crippen molar-refractivity contribution in [2.24, 2.45) is 4.99 Å². The summed E-state index contributed by atoms with van der Waals surface area (Å²) < 4.78 is 10.6. The number of hydrogen-bond acceptors (Lipinski definition) is 7. The number of nitrogens with zero attached hydrogens (tertiary/aromatic N) is 3. The van der Waals surface area contributed by atoms with Crippen LogP contribution in [0.15, 0.2) is 29.3 Å². The summed E-state index contributed by atoms with van der Waals surface area (Å²) in [5.74, 6) is 1.54. The van der Waals surface area contributed by atoms with Crippen molar-refractivity contribution < 1.29 is 19.4 Å². The van der Waals surface area contributed by atoms with Gasteiger partial charge >= 0.3 is 6.09 Å². The van der Waals surface area contributed by atoms with E-state index in [1.54, 1.807) is 12.0 Å². The third-order valence-corrected chi connectivity index (χ3v) is 4.81. The summed E-state index contributed by atoms with van der Waals surface area (Å²) >= 11 is 0. The van der Waals surface area contributed by atoms with Crippen molar-refractivity contribution in [2.75, 3.05) is 39.8 Å². The second kappa shape index (κ2) is 8.26. The van der Waals surface area contributed by atoms with Crippen molar-refractivity contribution in [2.45, 2.75) is 38.5 Å². The molecular formula is C20H30N4O4. The van der Waals surface area contributed by atoms with Crippen molar-refractivity contribution >= 4 is 12.1 Å². The highest BCUT2D eigenvalue weighted by molar-refractivity contribution is 5.82. The smallest absolute Gasteiger partial charge is 0.410 e. The average molecular weight is 390 g/mol. The molecule has 1 aromatic rings. The number of piperazine rings is 1. The second-order valence-corrected chi connectivity index (χ2v) is 8.11. The van der Waals surface area contributed by atoms with Crippen molar-refractivity contribution in [1.82, 2.24) is 15.1 Å². The molecule has 1 amide bonds. The number of aliphatic hydroxyl groups excluding tert-OH is 1. The molecule has 0 saturated carbocycles. The van der Waals surface area contributed by atoms with Crippen LogP contribution in [0.4, 0.5) is 4.79 Å². The van der Waals surface area contributed by atoms with Gasteiger partial charge in [-0.15, -0.1) is 0 Å². The lowest BCUT2D eigenvalue weighted by molar-refractivity contribution is 0.0137. The van der Waals surface area contributed by atoms with Gasteiger partial charge in [-0.05, 0) is 38.5 Å². The highest BCUT2D eigenvalue weighted by Gasteiger charge is 2.36. The number of methoxy groups -OCH3 is 1. The number of nitrogens with one attached hydrogen (secondary N) is 1. The highest BCUT2D eigenvalue weighted by atomic mass is 16.6. The molecule has 0 aromatic heterocycles. The van der Waals surface area contributed by atoms with E-state index in [4.69, 9.17) is 9.47 Å². The quantitative estimate of drug-likeness (QED) is 0.812. The van der Waals surface area contributed by atoms with Gasteiger partial charge in [0, 0.05) is 26.2 Å². The Morgan fingerprint density at radius 1 is 1.32 bits per heavy atom. The van der Waals surface area contributed by atoms with Gasteiger partial charge in [-0.2, -0.15) is 0 Å². The minimum Gasteiger partial charge on any atom is -0.497 e. The normalized spacial score (nSPS) is 20.3. The number of aliphatic hydroxyl groups is 1. The van der Waals surface area contributed by atoms with Crippen LogP contribution in [-0.2, 0) is 4.74 Å². The molecule has 1 aromatic carbocycles. The molecular weight excluding hydrogens is 360 g/mol. The average Bonchev–Trinajstić information content (AvgIpc) is 3.07. The largest absolute Gasteiger partial charge is 0.497 e. The molecule has 1 saturated heterocycles. The molecule has 8 nitrogen and oxygen atoms in total. The fourth-order valence-electron chi connectivity index (χ4n) is 3.35. The summed E-state index contributed by atoms with van der Waals surface area (Å²) in [6.45, 7) is 8.47. The number of carbonyl (C=O) groups excluding carboxylic acids is 1. The molecule has 1 fully saturated rings. The van der Waals surface area contributed by atoms with Gasteiger partial charge < -0.3 is 29.7 Å². The lowest BCUT2D eigenvalue weighted by Crippen LogP contribution is -2.57. The standard InChI is InChI=1S/C20H30N4O4/c1-20(2,3)28-19(26)23-9-10-24-15(13-23)11-21-18(24)22-12-17(25)14-5-7-16(27-4)8-6-14/h5-8,15,17,25H,9-13H2,1-4H3,(H,21,22). The zero-order valence-corrected chi connectivity index (χ0v) is 17.0. The number of fused-ring (bicyclic) bond motifs is 1. The minimum absolute atomic E-state index is 0.141. The number of amides is 1. The van der Waals surface area contributed by atoms with Crippen LogP contribution in [0.1, 0.15) is 32.4 Å². The molecule has 0 bridgehead atoms. The molecule has 2 heterocycles. The highest BCUT2D eigenvalue weighted by Crippen LogP contribution is 2.20. The number of ether oxygens (including phenoxy) is 2. The predicted octanol–water partition coefficient (Wildman–Crippen LogP) is 1.61. The van der Waals surface area contributed by atoms with Gasteiger partial charge in [-0.1, -0.05) is 12.1 Å². The van der Waals surface area contributed by atoms with E-state index in [2.05, 4.69) is 15.2 Å². The van der Waals surface area contributed by atoms with Crippen molar-refractivity contribution in [3.63, 3.8) is 0 Å². The lowest BCUT2D eigenvalue weighted by atomic mass is 10.1. The molecule has 2 unspecified atom stereocenters. The summed E-state index contributed by atoms with van der Waals surface area (Å²) in [5, 5.41) is 13.7. The minimum atomic E-state index is -0.643. The van der Waals surface area contributed by atoms with E-state index >= 15 is 0 Å². The Labute approximate surface area is 166 Å². The number of carbonyl (C=O) groups is 1. The Bertz CT molecular complexity index is 714. The van der Waals surface area contributed by atoms with Crippen LogP contribution >= 0.6 is 0 Å². The van der Waals surface area contributed by atoms with Crippen LogP contribution < -0.4 is 10.1 Å². The van der Waals surface area contributed by atoms with Crippen LogP contribution in [0.25, 0.3) is 0 Å². The predicted molar refractivity (Wildman–Crippen MR) is 107 cm³/mol. The van der Waals surface area contributed by atoms with E-state index in [9.17, 15) is 9.90 Å². The molecule has 3 rings (SSSR count). The van der Waals surface area contributed by atoms with Gasteiger partial charge in [0.2, 0.25) is 0 Å². The molecule has 2 N–H and O–H groups in total. The number of rotatable bonds is 4. The Morgan fingerprint density at radius 2 is 2.04 bits per heavy atom. The summed E-state index contributed by atoms with van der Waals surface area (Å²) in [7, 11) is 1.62. The second-order valence-electron chi connectivity index (χ2n) is 8.11. The molecule has 2 aliphatic heterocycles. The zero-order valence-electron chi connectivity index (χ0n) is 17.0. The van der Waals surface area contributed by atoms with Crippen LogP contribution in [0.5, 0.6) is 5.75 Å². The first-order chi connectivity index (χ1) is 13.3. The molecule has 0 radical (unpaired) electrons. The van der Waals surface area contributed by atoms with E-state index in [0.717, 1.165) is 17.3 Å². The number of hydrogen-bond donors (Lipinski definition) is 2. The first kappa shape index (κ1) is 20.3. The maximum Gasteiger partial charge on any atom is 0.410 e. The Balaban J connectivity index is 1.49. The van der Waals surface area contributed by atoms with E-state index in [-0.39, 0.29) is 12.1 Å².